The lowest BCUT2D eigenvalue weighted by Crippen LogP contribution is -2.26. The molecule has 2 rings (SSSR count). The highest BCUT2D eigenvalue weighted by molar-refractivity contribution is 6.00. The normalized spacial score (nSPS) is 13.5. The zero-order valence-corrected chi connectivity index (χ0v) is 15.4. The summed E-state index contributed by atoms with van der Waals surface area (Å²) < 4.78 is 32.8. The van der Waals surface area contributed by atoms with Gasteiger partial charge in [0.1, 0.15) is 0 Å². The maximum Gasteiger partial charge on any atom is 0.270 e. The standard InChI is InChI=1S/C19H23N3O6/c1-12(11-23)21-16-6-5-14(22(25)26)9-15(16)19(24)20-10-13-4-7-17(27-2)18(8-13)28-3/h4-9,12,21,23H,10-11H2,1-3H3,(H,20,24)/i1D3. The van der Waals surface area contributed by atoms with Crippen molar-refractivity contribution in [3.63, 3.8) is 0 Å². The van der Waals surface area contributed by atoms with Gasteiger partial charge in [0, 0.05) is 34.5 Å². The number of anilines is 1. The Kier molecular flexibility index (Phi) is 5.74. The lowest BCUT2D eigenvalue weighted by Gasteiger charge is -2.16. The van der Waals surface area contributed by atoms with Crippen molar-refractivity contribution in [2.45, 2.75) is 19.4 Å². The molecule has 1 atom stereocenters. The number of non-ortho nitro benzene ring substituents is 1. The Labute approximate surface area is 166 Å². The zero-order valence-electron chi connectivity index (χ0n) is 18.4. The van der Waals surface area contributed by atoms with Crippen molar-refractivity contribution < 1.29 is 28.4 Å². The second-order valence-corrected chi connectivity index (χ2v) is 5.74. The predicted molar refractivity (Wildman–Crippen MR) is 104 cm³/mol. The minimum atomic E-state index is -2.55. The number of carbonyl (C=O) groups is 1. The number of rotatable bonds is 9. The average molecular weight is 392 g/mol. The van der Waals surface area contributed by atoms with Gasteiger partial charge in [-0.2, -0.15) is 0 Å². The van der Waals surface area contributed by atoms with E-state index in [1.165, 1.54) is 20.3 Å². The number of nitrogens with one attached hydrogen (secondary N) is 2. The number of ether oxygens (including phenoxy) is 2. The van der Waals surface area contributed by atoms with E-state index in [0.29, 0.717) is 17.1 Å². The van der Waals surface area contributed by atoms with Crippen molar-refractivity contribution in [1.82, 2.24) is 5.32 Å². The maximum atomic E-state index is 12.8. The fraction of sp³-hybridized carbons (Fsp3) is 0.316. The van der Waals surface area contributed by atoms with Crippen LogP contribution < -0.4 is 20.1 Å². The molecular weight excluding hydrogens is 366 g/mol. The number of hydrogen-bond donors (Lipinski definition) is 3. The Morgan fingerprint density at radius 1 is 1.25 bits per heavy atom. The van der Waals surface area contributed by atoms with E-state index in [2.05, 4.69) is 10.6 Å². The molecule has 150 valence electrons. The van der Waals surface area contributed by atoms with E-state index in [4.69, 9.17) is 13.6 Å². The molecule has 1 amide bonds. The number of carbonyl (C=O) groups excluding carboxylic acids is 1. The number of methoxy groups -OCH3 is 2. The van der Waals surface area contributed by atoms with Crippen LogP contribution in [0.2, 0.25) is 0 Å². The van der Waals surface area contributed by atoms with Gasteiger partial charge in [0.05, 0.1) is 31.3 Å². The van der Waals surface area contributed by atoms with E-state index in [1.807, 2.05) is 0 Å². The monoisotopic (exact) mass is 392 g/mol. The fourth-order valence-corrected chi connectivity index (χ4v) is 2.46. The highest BCUT2D eigenvalue weighted by Crippen LogP contribution is 2.28. The number of nitro groups is 1. The molecule has 0 saturated heterocycles. The van der Waals surface area contributed by atoms with Gasteiger partial charge in [0.25, 0.3) is 11.6 Å². The van der Waals surface area contributed by atoms with Gasteiger partial charge in [-0.25, -0.2) is 0 Å². The van der Waals surface area contributed by atoms with Gasteiger partial charge in [-0.05, 0) is 30.6 Å². The van der Waals surface area contributed by atoms with Gasteiger partial charge in [-0.15, -0.1) is 0 Å². The van der Waals surface area contributed by atoms with E-state index in [9.17, 15) is 20.0 Å². The lowest BCUT2D eigenvalue weighted by atomic mass is 10.1. The molecule has 0 aromatic heterocycles. The zero-order chi connectivity index (χ0) is 23.2. The molecule has 3 N–H and O–H groups in total. The summed E-state index contributed by atoms with van der Waals surface area (Å²) in [6.45, 7) is -3.20. The number of aliphatic hydroxyl groups is 1. The molecular formula is C19H23N3O6. The number of aliphatic hydroxyl groups excluding tert-OH is 1. The molecule has 0 radical (unpaired) electrons. The third-order valence-corrected chi connectivity index (χ3v) is 3.87. The molecule has 1 unspecified atom stereocenters. The molecule has 0 aliphatic rings. The summed E-state index contributed by atoms with van der Waals surface area (Å²) in [5, 5.41) is 25.7. The molecule has 0 aliphatic heterocycles. The first-order chi connectivity index (χ1) is 14.6. The molecule has 28 heavy (non-hydrogen) atoms. The third-order valence-electron chi connectivity index (χ3n) is 3.87. The summed E-state index contributed by atoms with van der Waals surface area (Å²) in [5.74, 6) is 0.320. The second kappa shape index (κ2) is 9.56. The molecule has 0 saturated carbocycles. The molecule has 9 nitrogen and oxygen atoms in total. The van der Waals surface area contributed by atoms with Gasteiger partial charge >= 0.3 is 0 Å². The van der Waals surface area contributed by atoms with E-state index in [0.717, 1.165) is 12.1 Å². The summed E-state index contributed by atoms with van der Waals surface area (Å²) in [6, 6.07) is 7.11. The van der Waals surface area contributed by atoms with Crippen LogP contribution in [-0.4, -0.2) is 42.8 Å². The number of nitro benzene ring substituents is 1. The molecule has 2 aromatic rings. The molecule has 0 fully saturated rings. The van der Waals surface area contributed by atoms with Crippen LogP contribution in [0.5, 0.6) is 11.5 Å². The smallest absolute Gasteiger partial charge is 0.270 e. The predicted octanol–water partition coefficient (Wildman–Crippen LogP) is 2.33. The van der Waals surface area contributed by atoms with Gasteiger partial charge < -0.3 is 25.2 Å². The van der Waals surface area contributed by atoms with Crippen molar-refractivity contribution >= 4 is 17.3 Å². The summed E-state index contributed by atoms with van der Waals surface area (Å²) >= 11 is 0. The van der Waals surface area contributed by atoms with Gasteiger partial charge in [-0.1, -0.05) is 6.07 Å². The first-order valence-corrected chi connectivity index (χ1v) is 8.25. The van der Waals surface area contributed by atoms with Crippen LogP contribution in [0.15, 0.2) is 36.4 Å². The van der Waals surface area contributed by atoms with E-state index >= 15 is 0 Å². The molecule has 0 aliphatic carbocycles. The Balaban J connectivity index is 2.29. The van der Waals surface area contributed by atoms with E-state index in [-0.39, 0.29) is 23.5 Å². The van der Waals surface area contributed by atoms with Crippen LogP contribution in [0, 0.1) is 10.1 Å². The summed E-state index contributed by atoms with van der Waals surface area (Å²) in [4.78, 5) is 23.2. The van der Waals surface area contributed by atoms with Gasteiger partial charge in [0.2, 0.25) is 0 Å². The molecule has 2 aromatic carbocycles. The fourth-order valence-electron chi connectivity index (χ4n) is 2.46. The van der Waals surface area contributed by atoms with E-state index in [1.54, 1.807) is 18.2 Å². The Morgan fingerprint density at radius 2 is 2.00 bits per heavy atom. The van der Waals surface area contributed by atoms with Crippen LogP contribution in [0.3, 0.4) is 0 Å². The lowest BCUT2D eigenvalue weighted by molar-refractivity contribution is -0.384. The van der Waals surface area contributed by atoms with Crippen LogP contribution in [0.1, 0.15) is 26.9 Å². The van der Waals surface area contributed by atoms with Crippen molar-refractivity contribution in [2.24, 2.45) is 0 Å². The van der Waals surface area contributed by atoms with Crippen molar-refractivity contribution in [2.75, 3.05) is 26.1 Å². The summed E-state index contributed by atoms with van der Waals surface area (Å²) in [5.41, 5.74) is 0.265. The first kappa shape index (κ1) is 16.8. The second-order valence-electron chi connectivity index (χ2n) is 5.74. The minimum Gasteiger partial charge on any atom is -0.493 e. The van der Waals surface area contributed by atoms with Crippen molar-refractivity contribution in [3.05, 3.63) is 57.6 Å². The highest BCUT2D eigenvalue weighted by atomic mass is 16.6. The van der Waals surface area contributed by atoms with Crippen LogP contribution in [0.25, 0.3) is 0 Å². The average Bonchev–Trinajstić information content (AvgIpc) is 2.74. The molecule has 9 heteroatoms. The third kappa shape index (κ3) is 5.10. The van der Waals surface area contributed by atoms with Crippen LogP contribution in [0.4, 0.5) is 11.4 Å². The van der Waals surface area contributed by atoms with Gasteiger partial charge in [0.15, 0.2) is 11.5 Å². The van der Waals surface area contributed by atoms with E-state index < -0.39 is 30.3 Å². The number of hydrogen-bond acceptors (Lipinski definition) is 7. The SMILES string of the molecule is [2H]C([2H])([2H])C(CO)Nc1ccc([N+](=O)[O-])cc1C(=O)NCc1ccc(OC)c(OC)c1. The number of benzene rings is 2. The highest BCUT2D eigenvalue weighted by Gasteiger charge is 2.18. The molecule has 0 heterocycles. The maximum absolute atomic E-state index is 12.8. The molecule has 0 bridgehead atoms. The van der Waals surface area contributed by atoms with Crippen molar-refractivity contribution in [1.29, 1.82) is 0 Å². The summed E-state index contributed by atoms with van der Waals surface area (Å²) in [6.07, 6.45) is 0. The Bertz CT molecular complexity index is 952. The van der Waals surface area contributed by atoms with Crippen LogP contribution >= 0.6 is 0 Å². The van der Waals surface area contributed by atoms with Crippen LogP contribution in [-0.2, 0) is 6.54 Å². The first-order valence-electron chi connectivity index (χ1n) is 9.75. The summed E-state index contributed by atoms with van der Waals surface area (Å²) in [7, 11) is 2.97. The largest absolute Gasteiger partial charge is 0.493 e. The topological polar surface area (TPSA) is 123 Å². The minimum absolute atomic E-state index is 0.0468. The number of amides is 1. The Morgan fingerprint density at radius 3 is 2.61 bits per heavy atom. The van der Waals surface area contributed by atoms with Gasteiger partial charge in [-0.3, -0.25) is 14.9 Å². The number of nitrogens with zero attached hydrogens (tertiary/aromatic N) is 1. The van der Waals surface area contributed by atoms with Crippen molar-refractivity contribution in [3.8, 4) is 11.5 Å². The Hall–Kier alpha value is -3.33. The molecule has 0 spiro atoms. The quantitative estimate of drug-likeness (QED) is 0.442.